The Labute approximate surface area is 184 Å². The number of aromatic nitrogens is 3. The summed E-state index contributed by atoms with van der Waals surface area (Å²) in [5, 5.41) is 9.35. The molecule has 2 N–H and O–H groups in total. The van der Waals surface area contributed by atoms with Crippen LogP contribution in [0.3, 0.4) is 0 Å². The molecule has 1 aliphatic rings. The molecule has 2 aromatic carbocycles. The Morgan fingerprint density at radius 3 is 2.47 bits per heavy atom. The van der Waals surface area contributed by atoms with Gasteiger partial charge >= 0.3 is 6.09 Å². The topological polar surface area (TPSA) is 103 Å². The number of ether oxygens (including phenoxy) is 1. The lowest BCUT2D eigenvalue weighted by Crippen LogP contribution is -2.50. The van der Waals surface area contributed by atoms with E-state index < -0.39 is 0 Å². The zero-order valence-electron chi connectivity index (χ0n) is 17.3. The van der Waals surface area contributed by atoms with E-state index in [1.807, 2.05) is 35.2 Å². The number of nitrogens with one attached hydrogen (secondary N) is 2. The van der Waals surface area contributed by atoms with E-state index in [-0.39, 0.29) is 36.9 Å². The number of amides is 2. The van der Waals surface area contributed by atoms with Crippen LogP contribution in [0.25, 0.3) is 11.4 Å². The maximum absolute atomic E-state index is 13.0. The number of carbonyl (C=O) groups excluding carboxylic acids is 2. The summed E-state index contributed by atoms with van der Waals surface area (Å²) in [6, 6.07) is 15.3. The first-order valence-corrected chi connectivity index (χ1v) is 10.2. The Bertz CT molecular complexity index is 1050. The number of piperazine rings is 1. The molecule has 32 heavy (non-hydrogen) atoms. The van der Waals surface area contributed by atoms with E-state index in [0.717, 1.165) is 5.56 Å². The van der Waals surface area contributed by atoms with Crippen LogP contribution in [0.15, 0.2) is 54.6 Å². The highest BCUT2D eigenvalue weighted by molar-refractivity contribution is 5.90. The van der Waals surface area contributed by atoms with Gasteiger partial charge in [0, 0.05) is 31.7 Å². The SMILES string of the molecule is O=C(CN1CCN(C(=O)OCc2ccccc2)CC1)Nc1n[nH]c(-c2ccc(F)cc2)n1. The van der Waals surface area contributed by atoms with Gasteiger partial charge < -0.3 is 9.64 Å². The van der Waals surface area contributed by atoms with Crippen molar-refractivity contribution in [2.45, 2.75) is 6.61 Å². The second-order valence-electron chi connectivity index (χ2n) is 7.37. The lowest BCUT2D eigenvalue weighted by molar-refractivity contribution is -0.117. The number of halogens is 1. The number of benzene rings is 2. The molecule has 0 atom stereocenters. The molecule has 1 fully saturated rings. The van der Waals surface area contributed by atoms with Crippen LogP contribution >= 0.6 is 0 Å². The number of aromatic amines is 1. The van der Waals surface area contributed by atoms with Crippen molar-refractivity contribution in [2.75, 3.05) is 38.0 Å². The monoisotopic (exact) mass is 438 g/mol. The zero-order valence-corrected chi connectivity index (χ0v) is 17.3. The van der Waals surface area contributed by atoms with Crippen molar-refractivity contribution >= 4 is 17.9 Å². The minimum Gasteiger partial charge on any atom is -0.445 e. The molecule has 1 aliphatic heterocycles. The Morgan fingerprint density at radius 1 is 1.03 bits per heavy atom. The quantitative estimate of drug-likeness (QED) is 0.613. The Hall–Kier alpha value is -3.79. The third kappa shape index (κ3) is 5.67. The van der Waals surface area contributed by atoms with Gasteiger partial charge in [-0.2, -0.15) is 4.98 Å². The van der Waals surface area contributed by atoms with E-state index in [1.54, 1.807) is 17.0 Å². The van der Waals surface area contributed by atoms with Gasteiger partial charge in [-0.15, -0.1) is 5.10 Å². The molecule has 1 aromatic heterocycles. The smallest absolute Gasteiger partial charge is 0.410 e. The molecule has 10 heteroatoms. The van der Waals surface area contributed by atoms with Gasteiger partial charge in [0.15, 0.2) is 5.82 Å². The summed E-state index contributed by atoms with van der Waals surface area (Å²) in [5.41, 5.74) is 1.60. The molecule has 0 aliphatic carbocycles. The summed E-state index contributed by atoms with van der Waals surface area (Å²) >= 11 is 0. The Kier molecular flexibility index (Phi) is 6.71. The lowest BCUT2D eigenvalue weighted by Gasteiger charge is -2.33. The predicted molar refractivity (Wildman–Crippen MR) is 115 cm³/mol. The van der Waals surface area contributed by atoms with Gasteiger partial charge in [0.1, 0.15) is 12.4 Å². The van der Waals surface area contributed by atoms with Crippen LogP contribution in [0.1, 0.15) is 5.56 Å². The van der Waals surface area contributed by atoms with Crippen molar-refractivity contribution in [3.8, 4) is 11.4 Å². The molecule has 4 rings (SSSR count). The molecule has 0 unspecified atom stereocenters. The van der Waals surface area contributed by atoms with Crippen LogP contribution in [0, 0.1) is 5.82 Å². The van der Waals surface area contributed by atoms with E-state index in [0.29, 0.717) is 37.6 Å². The van der Waals surface area contributed by atoms with Crippen molar-refractivity contribution < 1.29 is 18.7 Å². The first kappa shape index (κ1) is 21.4. The number of hydrogen-bond acceptors (Lipinski definition) is 6. The second kappa shape index (κ2) is 10.0. The minimum atomic E-state index is -0.355. The van der Waals surface area contributed by atoms with Crippen LogP contribution in [0.5, 0.6) is 0 Å². The molecular weight excluding hydrogens is 415 g/mol. The molecule has 1 saturated heterocycles. The molecule has 3 aromatic rings. The van der Waals surface area contributed by atoms with Crippen molar-refractivity contribution in [1.29, 1.82) is 0 Å². The summed E-state index contributed by atoms with van der Waals surface area (Å²) in [6.45, 7) is 2.48. The fourth-order valence-corrected chi connectivity index (χ4v) is 3.32. The van der Waals surface area contributed by atoms with Gasteiger partial charge in [-0.3, -0.25) is 20.1 Å². The fraction of sp³-hybridized carbons (Fsp3) is 0.273. The Balaban J connectivity index is 1.20. The highest BCUT2D eigenvalue weighted by Crippen LogP contribution is 2.16. The molecule has 2 amide bonds. The standard InChI is InChI=1S/C22H23FN6O3/c23-18-8-6-17(7-9-18)20-25-21(27-26-20)24-19(30)14-28-10-12-29(13-11-28)22(31)32-15-16-4-2-1-3-5-16/h1-9H,10-15H2,(H2,24,25,26,27,30). The highest BCUT2D eigenvalue weighted by atomic mass is 19.1. The van der Waals surface area contributed by atoms with Crippen LogP contribution in [-0.4, -0.2) is 69.7 Å². The highest BCUT2D eigenvalue weighted by Gasteiger charge is 2.23. The van der Waals surface area contributed by atoms with Gasteiger partial charge in [-0.1, -0.05) is 30.3 Å². The van der Waals surface area contributed by atoms with Gasteiger partial charge in [0.25, 0.3) is 0 Å². The van der Waals surface area contributed by atoms with Gasteiger partial charge in [-0.05, 0) is 29.8 Å². The largest absolute Gasteiger partial charge is 0.445 e. The second-order valence-corrected chi connectivity index (χ2v) is 7.37. The predicted octanol–water partition coefficient (Wildman–Crippen LogP) is 2.50. The Morgan fingerprint density at radius 2 is 1.75 bits per heavy atom. The van der Waals surface area contributed by atoms with Crippen molar-refractivity contribution in [2.24, 2.45) is 0 Å². The normalized spacial score (nSPS) is 14.2. The number of nitrogens with zero attached hydrogens (tertiary/aromatic N) is 4. The summed E-state index contributed by atoms with van der Waals surface area (Å²) in [4.78, 5) is 32.4. The molecule has 0 bridgehead atoms. The average Bonchev–Trinajstić information content (AvgIpc) is 3.27. The number of H-pyrrole nitrogens is 1. The summed E-state index contributed by atoms with van der Waals surface area (Å²) < 4.78 is 18.4. The van der Waals surface area contributed by atoms with E-state index in [1.165, 1.54) is 12.1 Å². The number of hydrogen-bond donors (Lipinski definition) is 2. The summed E-state index contributed by atoms with van der Waals surface area (Å²) in [6.07, 6.45) is -0.355. The molecule has 9 nitrogen and oxygen atoms in total. The molecule has 2 heterocycles. The first-order chi connectivity index (χ1) is 15.6. The summed E-state index contributed by atoms with van der Waals surface area (Å²) in [7, 11) is 0. The van der Waals surface area contributed by atoms with Gasteiger partial charge in [-0.25, -0.2) is 9.18 Å². The third-order valence-corrected chi connectivity index (χ3v) is 5.06. The summed E-state index contributed by atoms with van der Waals surface area (Å²) in [5.74, 6) is -0.0125. The van der Waals surface area contributed by atoms with Crippen molar-refractivity contribution in [3.63, 3.8) is 0 Å². The maximum Gasteiger partial charge on any atom is 0.410 e. The molecule has 0 spiro atoms. The van der Waals surface area contributed by atoms with E-state index >= 15 is 0 Å². The van der Waals surface area contributed by atoms with Crippen LogP contribution in [-0.2, 0) is 16.1 Å². The average molecular weight is 438 g/mol. The van der Waals surface area contributed by atoms with E-state index in [2.05, 4.69) is 20.5 Å². The van der Waals surface area contributed by atoms with Crippen LogP contribution < -0.4 is 5.32 Å². The van der Waals surface area contributed by atoms with Gasteiger partial charge in [0.2, 0.25) is 11.9 Å². The maximum atomic E-state index is 13.0. The van der Waals surface area contributed by atoms with E-state index in [4.69, 9.17) is 4.74 Å². The van der Waals surface area contributed by atoms with Crippen LogP contribution in [0.2, 0.25) is 0 Å². The van der Waals surface area contributed by atoms with Crippen LogP contribution in [0.4, 0.5) is 15.1 Å². The third-order valence-electron chi connectivity index (χ3n) is 5.06. The van der Waals surface area contributed by atoms with Crippen molar-refractivity contribution in [3.05, 3.63) is 66.0 Å². The number of rotatable bonds is 6. The minimum absolute atomic E-state index is 0.150. The zero-order chi connectivity index (χ0) is 22.3. The van der Waals surface area contributed by atoms with E-state index in [9.17, 15) is 14.0 Å². The van der Waals surface area contributed by atoms with Gasteiger partial charge in [0.05, 0.1) is 6.54 Å². The first-order valence-electron chi connectivity index (χ1n) is 10.2. The molecule has 0 radical (unpaired) electrons. The number of anilines is 1. The molecule has 0 saturated carbocycles. The fourth-order valence-electron chi connectivity index (χ4n) is 3.32. The van der Waals surface area contributed by atoms with Crippen molar-refractivity contribution in [1.82, 2.24) is 25.0 Å². The number of carbonyl (C=O) groups is 2. The lowest BCUT2D eigenvalue weighted by atomic mass is 10.2. The molecule has 166 valence electrons. The molecular formula is C22H23FN6O3.